The van der Waals surface area contributed by atoms with Crippen molar-refractivity contribution >= 4 is 28.0 Å². The lowest BCUT2D eigenvalue weighted by atomic mass is 10.1. The van der Waals surface area contributed by atoms with Gasteiger partial charge in [0, 0.05) is 18.0 Å². The van der Waals surface area contributed by atoms with Crippen molar-refractivity contribution in [1.82, 2.24) is 4.90 Å². The number of benzene rings is 1. The average Bonchev–Trinajstić information content (AvgIpc) is 2.50. The van der Waals surface area contributed by atoms with E-state index in [2.05, 4.69) is 15.9 Å². The molecule has 0 bridgehead atoms. The van der Waals surface area contributed by atoms with Crippen LogP contribution in [0.4, 0.5) is 4.79 Å². The molecule has 0 unspecified atom stereocenters. The number of hydrogen-bond acceptors (Lipinski definition) is 5. The van der Waals surface area contributed by atoms with E-state index < -0.39 is 23.7 Å². The Labute approximate surface area is 151 Å². The van der Waals surface area contributed by atoms with E-state index in [1.54, 1.807) is 20.8 Å². The minimum Gasteiger partial charge on any atom is -0.467 e. The number of nitrogens with zero attached hydrogens (tertiary/aromatic N) is 1. The van der Waals surface area contributed by atoms with Gasteiger partial charge in [-0.3, -0.25) is 4.90 Å². The zero-order valence-corrected chi connectivity index (χ0v) is 16.3. The SMILES string of the molecule is COCN(C(=O)OC(C)(C)C)[C@@H](Cc1ccc(Br)cc1)C(=O)OC. The largest absolute Gasteiger partial charge is 0.467 e. The van der Waals surface area contributed by atoms with Gasteiger partial charge >= 0.3 is 12.1 Å². The molecular formula is C17H24BrNO5. The third-order valence-electron chi connectivity index (χ3n) is 3.09. The predicted octanol–water partition coefficient (Wildman–Crippen LogP) is 3.37. The summed E-state index contributed by atoms with van der Waals surface area (Å²) in [6.07, 6.45) is -0.334. The molecule has 134 valence electrons. The summed E-state index contributed by atoms with van der Waals surface area (Å²) in [5, 5.41) is 0. The minimum absolute atomic E-state index is 0.0782. The smallest absolute Gasteiger partial charge is 0.412 e. The summed E-state index contributed by atoms with van der Waals surface area (Å²) in [5.41, 5.74) is 0.208. The summed E-state index contributed by atoms with van der Waals surface area (Å²) in [6.45, 7) is 5.21. The topological polar surface area (TPSA) is 65.1 Å². The number of ether oxygens (including phenoxy) is 3. The summed E-state index contributed by atoms with van der Waals surface area (Å²) >= 11 is 3.37. The molecule has 0 heterocycles. The number of esters is 1. The van der Waals surface area contributed by atoms with Gasteiger partial charge in [-0.2, -0.15) is 0 Å². The molecule has 24 heavy (non-hydrogen) atoms. The molecule has 0 radical (unpaired) electrons. The number of rotatable bonds is 6. The zero-order chi connectivity index (χ0) is 18.3. The molecule has 1 amide bonds. The van der Waals surface area contributed by atoms with Gasteiger partial charge in [-0.25, -0.2) is 9.59 Å². The average molecular weight is 402 g/mol. The van der Waals surface area contributed by atoms with Crippen molar-refractivity contribution in [3.63, 3.8) is 0 Å². The Bertz CT molecular complexity index is 553. The van der Waals surface area contributed by atoms with Gasteiger partial charge in [0.25, 0.3) is 0 Å². The number of methoxy groups -OCH3 is 2. The van der Waals surface area contributed by atoms with Gasteiger partial charge in [-0.1, -0.05) is 28.1 Å². The maximum Gasteiger partial charge on any atom is 0.412 e. The van der Waals surface area contributed by atoms with Crippen LogP contribution in [0.5, 0.6) is 0 Å². The fourth-order valence-electron chi connectivity index (χ4n) is 2.03. The molecule has 6 nitrogen and oxygen atoms in total. The highest BCUT2D eigenvalue weighted by Crippen LogP contribution is 2.18. The zero-order valence-electron chi connectivity index (χ0n) is 14.7. The molecule has 1 rings (SSSR count). The van der Waals surface area contributed by atoms with Gasteiger partial charge in [0.2, 0.25) is 0 Å². The van der Waals surface area contributed by atoms with Crippen LogP contribution in [-0.2, 0) is 25.4 Å². The van der Waals surface area contributed by atoms with E-state index in [1.165, 1.54) is 19.1 Å². The van der Waals surface area contributed by atoms with Crippen molar-refractivity contribution in [3.05, 3.63) is 34.3 Å². The van der Waals surface area contributed by atoms with Crippen molar-refractivity contribution in [2.24, 2.45) is 0 Å². The van der Waals surface area contributed by atoms with E-state index in [9.17, 15) is 9.59 Å². The molecule has 0 saturated heterocycles. The Kier molecular flexibility index (Phi) is 7.69. The molecule has 0 aromatic heterocycles. The Morgan fingerprint density at radius 1 is 1.17 bits per heavy atom. The van der Waals surface area contributed by atoms with Crippen molar-refractivity contribution in [2.75, 3.05) is 21.0 Å². The van der Waals surface area contributed by atoms with Gasteiger partial charge in [-0.05, 0) is 38.5 Å². The Morgan fingerprint density at radius 3 is 2.21 bits per heavy atom. The highest BCUT2D eigenvalue weighted by atomic mass is 79.9. The van der Waals surface area contributed by atoms with Crippen molar-refractivity contribution < 1.29 is 23.8 Å². The fraction of sp³-hybridized carbons (Fsp3) is 0.529. The fourth-order valence-corrected chi connectivity index (χ4v) is 2.29. The summed E-state index contributed by atoms with van der Waals surface area (Å²) in [6, 6.07) is 6.65. The van der Waals surface area contributed by atoms with Crippen LogP contribution in [0, 0.1) is 0 Å². The second-order valence-electron chi connectivity index (χ2n) is 6.24. The van der Waals surface area contributed by atoms with Gasteiger partial charge < -0.3 is 14.2 Å². The third kappa shape index (κ3) is 6.49. The Morgan fingerprint density at radius 2 is 1.75 bits per heavy atom. The van der Waals surface area contributed by atoms with Crippen LogP contribution < -0.4 is 0 Å². The first-order valence-corrected chi connectivity index (χ1v) is 8.28. The lowest BCUT2D eigenvalue weighted by Crippen LogP contribution is -2.49. The van der Waals surface area contributed by atoms with E-state index in [1.807, 2.05) is 24.3 Å². The number of halogens is 1. The quantitative estimate of drug-likeness (QED) is 0.539. The number of carbonyl (C=O) groups excluding carboxylic acids is 2. The molecule has 0 aliphatic heterocycles. The molecule has 1 aromatic carbocycles. The summed E-state index contributed by atoms with van der Waals surface area (Å²) in [5.74, 6) is -0.527. The molecule has 0 N–H and O–H groups in total. The first kappa shape index (κ1) is 20.4. The molecule has 7 heteroatoms. The summed E-state index contributed by atoms with van der Waals surface area (Å²) < 4.78 is 16.3. The van der Waals surface area contributed by atoms with E-state index in [0.717, 1.165) is 10.0 Å². The number of amides is 1. The number of hydrogen-bond donors (Lipinski definition) is 0. The first-order valence-electron chi connectivity index (χ1n) is 7.48. The molecule has 0 fully saturated rings. The monoisotopic (exact) mass is 401 g/mol. The Balaban J connectivity index is 3.05. The van der Waals surface area contributed by atoms with Crippen molar-refractivity contribution in [2.45, 2.75) is 38.8 Å². The summed E-state index contributed by atoms with van der Waals surface area (Å²) in [4.78, 5) is 25.9. The second-order valence-corrected chi connectivity index (χ2v) is 7.15. The number of carbonyl (C=O) groups is 2. The van der Waals surface area contributed by atoms with Crippen LogP contribution in [0.15, 0.2) is 28.7 Å². The van der Waals surface area contributed by atoms with E-state index >= 15 is 0 Å². The third-order valence-corrected chi connectivity index (χ3v) is 3.62. The molecule has 0 aliphatic rings. The lowest BCUT2D eigenvalue weighted by Gasteiger charge is -2.31. The Hall–Kier alpha value is -1.60. The maximum atomic E-state index is 12.5. The second kappa shape index (κ2) is 9.03. The van der Waals surface area contributed by atoms with E-state index in [0.29, 0.717) is 6.42 Å². The van der Waals surface area contributed by atoms with Gasteiger partial charge in [0.15, 0.2) is 0 Å². The van der Waals surface area contributed by atoms with Crippen LogP contribution >= 0.6 is 15.9 Å². The van der Waals surface area contributed by atoms with E-state index in [4.69, 9.17) is 14.2 Å². The maximum absolute atomic E-state index is 12.5. The standard InChI is InChI=1S/C17H24BrNO5/c1-17(2,3)24-16(21)19(11-22-4)14(15(20)23-5)10-12-6-8-13(18)9-7-12/h6-9,14H,10-11H2,1-5H3/t14-/m0/s1. The summed E-state index contributed by atoms with van der Waals surface area (Å²) in [7, 11) is 2.74. The van der Waals surface area contributed by atoms with Crippen LogP contribution in [0.3, 0.4) is 0 Å². The highest BCUT2D eigenvalue weighted by molar-refractivity contribution is 9.10. The van der Waals surface area contributed by atoms with Crippen LogP contribution in [0.25, 0.3) is 0 Å². The van der Waals surface area contributed by atoms with Crippen LogP contribution in [0.1, 0.15) is 26.3 Å². The normalized spacial score (nSPS) is 12.4. The molecule has 0 aliphatic carbocycles. The van der Waals surface area contributed by atoms with Gasteiger partial charge in [0.05, 0.1) is 7.11 Å². The van der Waals surface area contributed by atoms with Gasteiger partial charge in [-0.15, -0.1) is 0 Å². The molecule has 0 spiro atoms. The predicted molar refractivity (Wildman–Crippen MR) is 93.6 cm³/mol. The minimum atomic E-state index is -0.842. The molecular weight excluding hydrogens is 378 g/mol. The molecule has 0 saturated carbocycles. The van der Waals surface area contributed by atoms with Gasteiger partial charge in [0.1, 0.15) is 18.4 Å². The van der Waals surface area contributed by atoms with Crippen molar-refractivity contribution in [3.8, 4) is 0 Å². The van der Waals surface area contributed by atoms with Crippen LogP contribution in [0.2, 0.25) is 0 Å². The first-order chi connectivity index (χ1) is 11.2. The van der Waals surface area contributed by atoms with Crippen LogP contribution in [-0.4, -0.2) is 49.6 Å². The van der Waals surface area contributed by atoms with E-state index in [-0.39, 0.29) is 6.73 Å². The van der Waals surface area contributed by atoms with Crippen molar-refractivity contribution in [1.29, 1.82) is 0 Å². The lowest BCUT2D eigenvalue weighted by molar-refractivity contribution is -0.148. The highest BCUT2D eigenvalue weighted by Gasteiger charge is 2.33. The molecule has 1 atom stereocenters. The molecule has 1 aromatic rings.